The van der Waals surface area contributed by atoms with Gasteiger partial charge in [0.2, 0.25) is 0 Å². The zero-order valence-electron chi connectivity index (χ0n) is 35.4. The Labute approximate surface area is 330 Å². The van der Waals surface area contributed by atoms with Gasteiger partial charge in [-0.2, -0.15) is 0 Å². The van der Waals surface area contributed by atoms with Crippen molar-refractivity contribution in [3.8, 4) is 0 Å². The summed E-state index contributed by atoms with van der Waals surface area (Å²) >= 11 is 0. The zero-order chi connectivity index (χ0) is 39.2. The first kappa shape index (κ1) is 37.2. The molecule has 0 aliphatic heterocycles. The van der Waals surface area contributed by atoms with E-state index in [2.05, 4.69) is 184 Å². The zero-order valence-corrected chi connectivity index (χ0v) is 35.4. The van der Waals surface area contributed by atoms with E-state index in [4.69, 9.17) is 4.42 Å². The van der Waals surface area contributed by atoms with E-state index in [1.165, 1.54) is 81.3 Å². The number of fused-ring (bicyclic) bond motifs is 3. The molecule has 0 radical (unpaired) electrons. The predicted molar refractivity (Wildman–Crippen MR) is 235 cm³/mol. The molecule has 0 N–H and O–H groups in total. The van der Waals surface area contributed by atoms with E-state index in [1.54, 1.807) is 0 Å². The molecule has 3 aliphatic rings. The van der Waals surface area contributed by atoms with E-state index >= 15 is 0 Å². The molecule has 1 fully saturated rings. The number of hydrogen-bond acceptors (Lipinski definition) is 3. The molecule has 3 heteroatoms. The molecule has 55 heavy (non-hydrogen) atoms. The van der Waals surface area contributed by atoms with Gasteiger partial charge in [-0.15, -0.1) is 0 Å². The highest BCUT2D eigenvalue weighted by Crippen LogP contribution is 2.58. The minimum atomic E-state index is 0.0692. The van der Waals surface area contributed by atoms with Crippen molar-refractivity contribution >= 4 is 45.1 Å². The Morgan fingerprint density at radius 3 is 1.42 bits per heavy atom. The van der Waals surface area contributed by atoms with Gasteiger partial charge in [0.15, 0.2) is 0 Å². The molecule has 1 saturated carbocycles. The van der Waals surface area contributed by atoms with Gasteiger partial charge in [0.25, 0.3) is 0 Å². The first-order valence-electron chi connectivity index (χ1n) is 20.4. The van der Waals surface area contributed by atoms with E-state index in [9.17, 15) is 0 Å². The number of hydrogen-bond donors (Lipinski definition) is 0. The summed E-state index contributed by atoms with van der Waals surface area (Å²) in [4.78, 5) is 4.90. The van der Waals surface area contributed by atoms with Gasteiger partial charge in [-0.25, -0.2) is 0 Å². The summed E-state index contributed by atoms with van der Waals surface area (Å²) in [6.45, 7) is 27.6. The number of rotatable bonds is 6. The molecule has 1 aromatic heterocycles. The summed E-state index contributed by atoms with van der Waals surface area (Å²) in [6.07, 6.45) is 7.02. The lowest BCUT2D eigenvalue weighted by molar-refractivity contribution is 0.188. The van der Waals surface area contributed by atoms with E-state index < -0.39 is 0 Å². The number of aryl methyl sites for hydroxylation is 4. The summed E-state index contributed by atoms with van der Waals surface area (Å²) in [5.74, 6) is 0. The maximum absolute atomic E-state index is 6.60. The van der Waals surface area contributed by atoms with Gasteiger partial charge in [-0.05, 0) is 169 Å². The van der Waals surface area contributed by atoms with Crippen LogP contribution in [0.4, 0.5) is 34.1 Å². The molecule has 1 heterocycles. The van der Waals surface area contributed by atoms with Crippen LogP contribution < -0.4 is 9.80 Å². The van der Waals surface area contributed by atoms with Crippen molar-refractivity contribution in [2.45, 2.75) is 130 Å². The largest absolute Gasteiger partial charge is 0.462 e. The number of nitrogens with zero attached hydrogens (tertiary/aromatic N) is 2. The average molecular weight is 729 g/mol. The van der Waals surface area contributed by atoms with Crippen LogP contribution in [0.15, 0.2) is 102 Å². The standard InChI is InChI=1S/C52H60N2O/c1-33-25-35(3)48(36(4)26-33)54(46-32-55-47-31-45-44(30-43(46)47)51(11)21-23-52(45,12)24-22-51)42-28-34(2)27-41(29-42)53(39-17-13-37(14-18-39)49(5,6)7)40-19-15-38(16-20-40)50(8,9)10/h13-20,25-32H,21-24H2,1-12H3. The van der Waals surface area contributed by atoms with Crippen LogP contribution in [0.1, 0.15) is 126 Å². The van der Waals surface area contributed by atoms with Gasteiger partial charge >= 0.3 is 0 Å². The fourth-order valence-corrected chi connectivity index (χ4v) is 9.71. The molecule has 6 aromatic rings. The van der Waals surface area contributed by atoms with Crippen molar-refractivity contribution in [3.63, 3.8) is 0 Å². The predicted octanol–water partition coefficient (Wildman–Crippen LogP) is 15.3. The van der Waals surface area contributed by atoms with E-state index in [0.717, 1.165) is 34.0 Å². The Kier molecular flexibility index (Phi) is 8.72. The maximum Gasteiger partial charge on any atom is 0.136 e. The molecular weight excluding hydrogens is 669 g/mol. The van der Waals surface area contributed by atoms with E-state index in [-0.39, 0.29) is 21.7 Å². The van der Waals surface area contributed by atoms with Gasteiger partial charge < -0.3 is 14.2 Å². The minimum absolute atomic E-state index is 0.0692. The normalized spacial score (nSPS) is 19.5. The van der Waals surface area contributed by atoms with Crippen LogP contribution in [-0.2, 0) is 21.7 Å². The fourth-order valence-electron chi connectivity index (χ4n) is 9.71. The summed E-state index contributed by atoms with van der Waals surface area (Å²) in [7, 11) is 0. The van der Waals surface area contributed by atoms with Crippen LogP contribution in [0.2, 0.25) is 0 Å². The number of anilines is 6. The molecule has 3 aliphatic carbocycles. The Balaban J connectivity index is 1.35. The highest BCUT2D eigenvalue weighted by molar-refractivity contribution is 5.99. The van der Waals surface area contributed by atoms with Crippen LogP contribution in [0.5, 0.6) is 0 Å². The van der Waals surface area contributed by atoms with Crippen LogP contribution in [0.25, 0.3) is 11.0 Å². The third-order valence-corrected chi connectivity index (χ3v) is 13.1. The van der Waals surface area contributed by atoms with Crippen molar-refractivity contribution in [2.24, 2.45) is 0 Å². The Morgan fingerprint density at radius 2 is 0.945 bits per heavy atom. The molecule has 0 amide bonds. The van der Waals surface area contributed by atoms with Gasteiger partial charge in [0.05, 0.1) is 11.4 Å². The second-order valence-corrected chi connectivity index (χ2v) is 19.7. The van der Waals surface area contributed by atoms with Crippen LogP contribution in [0.3, 0.4) is 0 Å². The average Bonchev–Trinajstić information content (AvgIpc) is 3.52. The SMILES string of the molecule is Cc1cc(N(c2ccc(C(C)(C)C)cc2)c2ccc(C(C)(C)C)cc2)cc(N(c2c(C)cc(C)cc2C)c2coc3cc4c(cc23)C2(C)CCC4(C)CC2)c1. The first-order chi connectivity index (χ1) is 25.8. The third kappa shape index (κ3) is 6.48. The summed E-state index contributed by atoms with van der Waals surface area (Å²) < 4.78 is 6.60. The van der Waals surface area contributed by atoms with Gasteiger partial charge in [0, 0.05) is 28.1 Å². The molecule has 284 valence electrons. The fraction of sp³-hybridized carbons (Fsp3) is 0.385. The topological polar surface area (TPSA) is 19.6 Å². The molecule has 0 spiro atoms. The molecule has 0 unspecified atom stereocenters. The lowest BCUT2D eigenvalue weighted by Gasteiger charge is -2.52. The third-order valence-electron chi connectivity index (χ3n) is 13.1. The monoisotopic (exact) mass is 728 g/mol. The second-order valence-electron chi connectivity index (χ2n) is 19.7. The van der Waals surface area contributed by atoms with Crippen LogP contribution in [-0.4, -0.2) is 0 Å². The first-order valence-corrected chi connectivity index (χ1v) is 20.4. The second kappa shape index (κ2) is 12.9. The van der Waals surface area contributed by atoms with Crippen molar-refractivity contribution in [2.75, 3.05) is 9.80 Å². The van der Waals surface area contributed by atoms with Crippen LogP contribution in [0, 0.1) is 27.7 Å². The highest BCUT2D eigenvalue weighted by Gasteiger charge is 2.48. The Morgan fingerprint density at radius 1 is 0.509 bits per heavy atom. The van der Waals surface area contributed by atoms with Crippen LogP contribution >= 0.6 is 0 Å². The lowest BCUT2D eigenvalue weighted by Crippen LogP contribution is -2.44. The summed E-state index contributed by atoms with van der Waals surface area (Å²) in [5.41, 5.74) is 19.0. The molecule has 0 saturated heterocycles. The Hall–Kier alpha value is -4.76. The molecule has 9 rings (SSSR count). The summed E-state index contributed by atoms with van der Waals surface area (Å²) in [5, 5.41) is 1.19. The Bertz CT molecular complexity index is 2320. The van der Waals surface area contributed by atoms with Crippen molar-refractivity contribution in [1.82, 2.24) is 0 Å². The molecule has 5 aromatic carbocycles. The van der Waals surface area contributed by atoms with E-state index in [0.29, 0.717) is 0 Å². The maximum atomic E-state index is 6.60. The van der Waals surface area contributed by atoms with Crippen molar-refractivity contribution < 1.29 is 4.42 Å². The molecule has 2 bridgehead atoms. The minimum Gasteiger partial charge on any atom is -0.462 e. The van der Waals surface area contributed by atoms with Gasteiger partial charge in [-0.1, -0.05) is 97.4 Å². The molecular formula is C52H60N2O. The lowest BCUT2D eigenvalue weighted by atomic mass is 9.52. The molecule has 0 atom stereocenters. The number of benzene rings is 5. The van der Waals surface area contributed by atoms with Gasteiger partial charge in [-0.3, -0.25) is 0 Å². The molecule has 3 nitrogen and oxygen atoms in total. The van der Waals surface area contributed by atoms with Crippen molar-refractivity contribution in [1.29, 1.82) is 0 Å². The van der Waals surface area contributed by atoms with Crippen molar-refractivity contribution in [3.05, 3.63) is 142 Å². The van der Waals surface area contributed by atoms with E-state index in [1.807, 2.05) is 6.26 Å². The van der Waals surface area contributed by atoms with Gasteiger partial charge in [0.1, 0.15) is 11.8 Å². The number of furan rings is 1. The quantitative estimate of drug-likeness (QED) is 0.170. The summed E-state index contributed by atoms with van der Waals surface area (Å²) in [6, 6.07) is 34.9. The smallest absolute Gasteiger partial charge is 0.136 e. The highest BCUT2D eigenvalue weighted by atomic mass is 16.3.